The van der Waals surface area contributed by atoms with Crippen molar-refractivity contribution in [2.75, 3.05) is 0 Å². The molecule has 0 spiro atoms. The Morgan fingerprint density at radius 1 is 0.314 bits per heavy atom. The average molecular weight is 662 g/mol. The molecule has 0 radical (unpaired) electrons. The molecule has 0 N–H and O–H groups in total. The molecule has 0 fully saturated rings. The third kappa shape index (κ3) is 4.53. The Bertz CT molecular complexity index is 2980. The fourth-order valence-corrected chi connectivity index (χ4v) is 8.10. The van der Waals surface area contributed by atoms with Crippen LogP contribution >= 0.6 is 0 Å². The zero-order chi connectivity index (χ0) is 34.2. The van der Waals surface area contributed by atoms with E-state index in [1.165, 1.54) is 24.3 Å². The number of aromatic nitrogens is 1. The normalized spacial score (nSPS) is 11.8. The lowest BCUT2D eigenvalue weighted by Gasteiger charge is -2.19. The van der Waals surface area contributed by atoms with Gasteiger partial charge in [-0.05, 0) is 108 Å². The summed E-state index contributed by atoms with van der Waals surface area (Å²) in [4.78, 5) is 5.39. The maximum absolute atomic E-state index is 14.6. The van der Waals surface area contributed by atoms with Gasteiger partial charge in [0, 0.05) is 27.8 Å². The van der Waals surface area contributed by atoms with Crippen LogP contribution in [0.2, 0.25) is 0 Å². The van der Waals surface area contributed by atoms with Crippen molar-refractivity contribution < 1.29 is 13.2 Å². The standard InChI is InChI=1S/C47H26F3N/c48-30-20-17-27(18-21-30)47-46-36-12-4-2-10-34(36)33-9-1-3-11-35(33)45(46)41-22-19-28(25-42(41)51-47)43-37-13-5-7-15-39(37)44(40-16-8-6-14-38(40)43)29-23-31(49)26-32(50)24-29/h1-26H. The maximum atomic E-state index is 14.6. The molecule has 1 heterocycles. The molecule has 1 aromatic heterocycles. The van der Waals surface area contributed by atoms with Crippen molar-refractivity contribution in [2.24, 2.45) is 0 Å². The monoisotopic (exact) mass is 661 g/mol. The van der Waals surface area contributed by atoms with Gasteiger partial charge in [-0.1, -0.05) is 109 Å². The molecule has 51 heavy (non-hydrogen) atoms. The van der Waals surface area contributed by atoms with Crippen LogP contribution in [-0.4, -0.2) is 4.98 Å². The van der Waals surface area contributed by atoms with Gasteiger partial charge < -0.3 is 0 Å². The second-order valence-electron chi connectivity index (χ2n) is 13.0. The molecule has 1 nitrogen and oxygen atoms in total. The first-order valence-electron chi connectivity index (χ1n) is 16.9. The maximum Gasteiger partial charge on any atom is 0.126 e. The Hall–Kier alpha value is -6.52. The molecule has 4 heteroatoms. The third-order valence-corrected chi connectivity index (χ3v) is 10.2. The van der Waals surface area contributed by atoms with Crippen LogP contribution in [0.4, 0.5) is 13.2 Å². The quantitative estimate of drug-likeness (QED) is 0.136. The van der Waals surface area contributed by atoms with Gasteiger partial charge in [-0.25, -0.2) is 18.2 Å². The summed E-state index contributed by atoms with van der Waals surface area (Å²) in [5, 5.41) is 11.4. The van der Waals surface area contributed by atoms with Crippen LogP contribution in [0.5, 0.6) is 0 Å². The van der Waals surface area contributed by atoms with Crippen LogP contribution in [0.3, 0.4) is 0 Å². The molecule has 0 saturated carbocycles. The van der Waals surface area contributed by atoms with E-state index in [0.717, 1.165) is 98.8 Å². The number of nitrogens with zero attached hydrogens (tertiary/aromatic N) is 1. The van der Waals surface area contributed by atoms with E-state index in [9.17, 15) is 13.2 Å². The summed E-state index contributed by atoms with van der Waals surface area (Å²) >= 11 is 0. The van der Waals surface area contributed by atoms with E-state index >= 15 is 0 Å². The lowest BCUT2D eigenvalue weighted by molar-refractivity contribution is 0.584. The third-order valence-electron chi connectivity index (χ3n) is 10.2. The summed E-state index contributed by atoms with van der Waals surface area (Å²) in [6, 6.07) is 49.7. The number of pyridine rings is 1. The molecule has 0 amide bonds. The molecule has 0 saturated heterocycles. The largest absolute Gasteiger partial charge is 0.247 e. The predicted octanol–water partition coefficient (Wildman–Crippen LogP) is 13.4. The van der Waals surface area contributed by atoms with Crippen LogP contribution in [-0.2, 0) is 0 Å². The average Bonchev–Trinajstić information content (AvgIpc) is 3.16. The van der Waals surface area contributed by atoms with Gasteiger partial charge in [0.2, 0.25) is 0 Å². The number of hydrogen-bond donors (Lipinski definition) is 0. The molecule has 0 aliphatic heterocycles. The minimum absolute atomic E-state index is 0.301. The second kappa shape index (κ2) is 11.3. The number of hydrogen-bond acceptors (Lipinski definition) is 1. The van der Waals surface area contributed by atoms with E-state index in [-0.39, 0.29) is 5.82 Å². The topological polar surface area (TPSA) is 12.9 Å². The summed E-state index contributed by atoms with van der Waals surface area (Å²) < 4.78 is 43.5. The second-order valence-corrected chi connectivity index (χ2v) is 13.0. The van der Waals surface area contributed by atoms with Crippen LogP contribution < -0.4 is 0 Å². The van der Waals surface area contributed by atoms with Crippen molar-refractivity contribution in [3.63, 3.8) is 0 Å². The molecule has 240 valence electrons. The molecule has 0 aliphatic carbocycles. The van der Waals surface area contributed by atoms with Crippen molar-refractivity contribution in [1.29, 1.82) is 0 Å². The highest BCUT2D eigenvalue weighted by atomic mass is 19.1. The van der Waals surface area contributed by atoms with Gasteiger partial charge in [-0.2, -0.15) is 0 Å². The zero-order valence-electron chi connectivity index (χ0n) is 27.1. The lowest BCUT2D eigenvalue weighted by atomic mass is 9.85. The van der Waals surface area contributed by atoms with E-state index in [1.807, 2.05) is 36.4 Å². The first-order chi connectivity index (χ1) is 25.0. The molecule has 10 aromatic rings. The number of rotatable bonds is 3. The molecule has 0 bridgehead atoms. The Labute approximate surface area is 290 Å². The summed E-state index contributed by atoms with van der Waals surface area (Å²) in [6.45, 7) is 0. The summed E-state index contributed by atoms with van der Waals surface area (Å²) in [5.41, 5.74) is 5.67. The first-order valence-corrected chi connectivity index (χ1v) is 16.9. The van der Waals surface area contributed by atoms with Gasteiger partial charge in [-0.3, -0.25) is 0 Å². The van der Waals surface area contributed by atoms with Gasteiger partial charge in [-0.15, -0.1) is 0 Å². The van der Waals surface area contributed by atoms with E-state index in [1.54, 1.807) is 12.1 Å². The van der Waals surface area contributed by atoms with Crippen molar-refractivity contribution in [1.82, 2.24) is 4.98 Å². The van der Waals surface area contributed by atoms with Crippen LogP contribution in [0.25, 0.3) is 98.3 Å². The smallest absolute Gasteiger partial charge is 0.126 e. The molecule has 10 rings (SSSR count). The van der Waals surface area contributed by atoms with Crippen molar-refractivity contribution in [3.05, 3.63) is 175 Å². The predicted molar refractivity (Wildman–Crippen MR) is 205 cm³/mol. The minimum Gasteiger partial charge on any atom is -0.247 e. The summed E-state index contributed by atoms with van der Waals surface area (Å²) in [7, 11) is 0. The van der Waals surface area contributed by atoms with E-state index in [0.29, 0.717) is 5.56 Å². The van der Waals surface area contributed by atoms with Gasteiger partial charge >= 0.3 is 0 Å². The number of benzene rings is 9. The minimum atomic E-state index is -0.618. The van der Waals surface area contributed by atoms with Gasteiger partial charge in [0.1, 0.15) is 17.5 Å². The molecular formula is C47H26F3N. The molecule has 9 aromatic carbocycles. The van der Waals surface area contributed by atoms with Gasteiger partial charge in [0.15, 0.2) is 0 Å². The van der Waals surface area contributed by atoms with Crippen molar-refractivity contribution >= 4 is 64.8 Å². The van der Waals surface area contributed by atoms with Crippen LogP contribution in [0.1, 0.15) is 0 Å². The molecular weight excluding hydrogens is 636 g/mol. The molecule has 0 unspecified atom stereocenters. The fraction of sp³-hybridized carbons (Fsp3) is 0. The van der Waals surface area contributed by atoms with Crippen LogP contribution in [0, 0.1) is 17.5 Å². The van der Waals surface area contributed by atoms with E-state index in [2.05, 4.69) is 78.9 Å². The summed E-state index contributed by atoms with van der Waals surface area (Å²) in [5.74, 6) is -1.54. The Morgan fingerprint density at radius 3 is 1.31 bits per heavy atom. The van der Waals surface area contributed by atoms with E-state index < -0.39 is 11.6 Å². The Kier molecular flexibility index (Phi) is 6.49. The number of halogens is 3. The van der Waals surface area contributed by atoms with Crippen molar-refractivity contribution in [3.8, 4) is 33.5 Å². The SMILES string of the molecule is Fc1ccc(-c2nc3cc(-c4c5ccccc5c(-c5cc(F)cc(F)c5)c5ccccc45)ccc3c3c4ccccc4c4ccccc4c23)cc1. The van der Waals surface area contributed by atoms with Crippen molar-refractivity contribution in [2.45, 2.75) is 0 Å². The summed E-state index contributed by atoms with van der Waals surface area (Å²) in [6.07, 6.45) is 0. The highest BCUT2D eigenvalue weighted by Crippen LogP contribution is 2.46. The lowest BCUT2D eigenvalue weighted by Crippen LogP contribution is -1.95. The van der Waals surface area contributed by atoms with E-state index in [4.69, 9.17) is 4.98 Å². The Balaban J connectivity index is 1.34. The van der Waals surface area contributed by atoms with Gasteiger partial charge in [0.05, 0.1) is 11.2 Å². The molecule has 0 atom stereocenters. The highest BCUT2D eigenvalue weighted by Gasteiger charge is 2.21. The Morgan fingerprint density at radius 2 is 0.765 bits per heavy atom. The zero-order valence-corrected chi connectivity index (χ0v) is 27.1. The fourth-order valence-electron chi connectivity index (χ4n) is 8.10. The highest BCUT2D eigenvalue weighted by molar-refractivity contribution is 6.34. The molecule has 0 aliphatic rings. The first kappa shape index (κ1) is 29.4. The van der Waals surface area contributed by atoms with Gasteiger partial charge in [0.25, 0.3) is 0 Å². The van der Waals surface area contributed by atoms with Crippen LogP contribution in [0.15, 0.2) is 158 Å². The number of fused-ring (bicyclic) bond motifs is 10.